The quantitative estimate of drug-likeness (QED) is 0.0234. The van der Waals surface area contributed by atoms with Crippen molar-refractivity contribution in [1.29, 1.82) is 0 Å². The molecular formula is C48H83O10P. The van der Waals surface area contributed by atoms with Gasteiger partial charge in [0.1, 0.15) is 12.7 Å². The molecule has 340 valence electrons. The van der Waals surface area contributed by atoms with E-state index in [4.69, 9.17) is 19.1 Å². The Hall–Kier alpha value is -2.59. The summed E-state index contributed by atoms with van der Waals surface area (Å²) in [6.07, 6.45) is 50.2. The third kappa shape index (κ3) is 43.3. The van der Waals surface area contributed by atoms with Gasteiger partial charge in [0.15, 0.2) is 6.10 Å². The van der Waals surface area contributed by atoms with Gasteiger partial charge in [-0.1, -0.05) is 189 Å². The van der Waals surface area contributed by atoms with Crippen LogP contribution in [0.25, 0.3) is 0 Å². The van der Waals surface area contributed by atoms with Crippen LogP contribution in [0.2, 0.25) is 0 Å². The molecule has 10 nitrogen and oxygen atoms in total. The fourth-order valence-electron chi connectivity index (χ4n) is 5.90. The Kier molecular flexibility index (Phi) is 41.6. The minimum absolute atomic E-state index is 0.0574. The van der Waals surface area contributed by atoms with Gasteiger partial charge in [-0.3, -0.25) is 18.6 Å². The number of ether oxygens (including phenoxy) is 2. The predicted octanol–water partition coefficient (Wildman–Crippen LogP) is 12.4. The van der Waals surface area contributed by atoms with Crippen LogP contribution < -0.4 is 0 Å². The standard InChI is InChI=1S/C48H83O10P/c1-3-5-7-9-11-13-15-17-19-21-22-24-26-28-30-32-34-36-38-40-48(52)58-46(44-57-59(53,54)56-42-45(50)41-49)43-55-47(51)39-37-35-33-31-29-27-25-23-20-18-16-14-12-10-8-6-4-2/h5,7,11,13,17,19,22,24,28,30,34,36,45-46,49-50H,3-4,6,8-10,12,14-16,18,20-21,23,25-27,29,31-33,35,37-44H2,1-2H3,(H,53,54)/b7-5+,13-11+,19-17+,24-22+,30-28+,36-34+/t45-,46+/m0/s1. The molecule has 59 heavy (non-hydrogen) atoms. The Morgan fingerprint density at radius 1 is 0.525 bits per heavy atom. The molecule has 0 aliphatic rings. The van der Waals surface area contributed by atoms with Gasteiger partial charge >= 0.3 is 19.8 Å². The first-order valence-corrected chi connectivity index (χ1v) is 24.4. The first kappa shape index (κ1) is 56.4. The first-order valence-electron chi connectivity index (χ1n) is 22.9. The fourth-order valence-corrected chi connectivity index (χ4v) is 6.69. The number of rotatable bonds is 42. The number of carbonyl (C=O) groups excluding carboxylic acids is 2. The summed E-state index contributed by atoms with van der Waals surface area (Å²) in [5.41, 5.74) is 0. The Bertz CT molecular complexity index is 1210. The normalized spacial score (nSPS) is 14.5. The second-order valence-electron chi connectivity index (χ2n) is 15.1. The van der Waals surface area contributed by atoms with Crippen molar-refractivity contribution >= 4 is 19.8 Å². The lowest BCUT2D eigenvalue weighted by Crippen LogP contribution is -2.29. The second kappa shape index (κ2) is 43.5. The van der Waals surface area contributed by atoms with E-state index >= 15 is 0 Å². The highest BCUT2D eigenvalue weighted by molar-refractivity contribution is 7.47. The van der Waals surface area contributed by atoms with Gasteiger partial charge in [-0.25, -0.2) is 4.57 Å². The summed E-state index contributed by atoms with van der Waals surface area (Å²) in [6, 6.07) is 0. The number of hydrogen-bond acceptors (Lipinski definition) is 9. The number of allylic oxidation sites excluding steroid dienone is 12. The summed E-state index contributed by atoms with van der Waals surface area (Å²) in [5, 5.41) is 18.3. The maximum absolute atomic E-state index is 12.6. The number of aliphatic hydroxyl groups is 2. The van der Waals surface area contributed by atoms with Gasteiger partial charge in [-0.2, -0.15) is 0 Å². The van der Waals surface area contributed by atoms with Crippen LogP contribution in [-0.2, 0) is 32.7 Å². The molecule has 1 unspecified atom stereocenters. The van der Waals surface area contributed by atoms with Crippen molar-refractivity contribution in [2.75, 3.05) is 26.4 Å². The Labute approximate surface area is 358 Å². The number of unbranched alkanes of at least 4 members (excludes halogenated alkanes) is 16. The predicted molar refractivity (Wildman–Crippen MR) is 242 cm³/mol. The molecule has 0 aromatic rings. The summed E-state index contributed by atoms with van der Waals surface area (Å²) >= 11 is 0. The molecule has 0 radical (unpaired) electrons. The van der Waals surface area contributed by atoms with E-state index in [-0.39, 0.29) is 19.4 Å². The van der Waals surface area contributed by atoms with Gasteiger partial charge in [0.25, 0.3) is 0 Å². The smallest absolute Gasteiger partial charge is 0.462 e. The molecule has 0 aliphatic heterocycles. The molecule has 0 saturated carbocycles. The summed E-state index contributed by atoms with van der Waals surface area (Å²) in [5.74, 6) is -1.02. The van der Waals surface area contributed by atoms with Gasteiger partial charge in [0, 0.05) is 12.8 Å². The van der Waals surface area contributed by atoms with E-state index in [1.807, 2.05) is 12.2 Å². The number of phosphoric ester groups is 1. The van der Waals surface area contributed by atoms with Crippen molar-refractivity contribution < 1.29 is 47.8 Å². The molecule has 3 N–H and O–H groups in total. The van der Waals surface area contributed by atoms with Crippen molar-refractivity contribution in [2.45, 2.75) is 193 Å². The molecule has 0 aliphatic carbocycles. The fraction of sp³-hybridized carbons (Fsp3) is 0.708. The number of phosphoric acid groups is 1. The molecule has 0 spiro atoms. The zero-order valence-corrected chi connectivity index (χ0v) is 37.8. The molecule has 11 heteroatoms. The van der Waals surface area contributed by atoms with Crippen LogP contribution in [0.4, 0.5) is 0 Å². The van der Waals surface area contributed by atoms with Gasteiger partial charge in [0.05, 0.1) is 19.8 Å². The first-order chi connectivity index (χ1) is 28.7. The number of aliphatic hydroxyl groups excluding tert-OH is 2. The summed E-state index contributed by atoms with van der Waals surface area (Å²) < 4.78 is 32.7. The third-order valence-electron chi connectivity index (χ3n) is 9.39. The molecule has 0 amide bonds. The van der Waals surface area contributed by atoms with Crippen LogP contribution in [0.3, 0.4) is 0 Å². The largest absolute Gasteiger partial charge is 0.472 e. The summed E-state index contributed by atoms with van der Waals surface area (Å²) in [4.78, 5) is 35.0. The lowest BCUT2D eigenvalue weighted by molar-refractivity contribution is -0.161. The molecule has 3 atom stereocenters. The van der Waals surface area contributed by atoms with Gasteiger partial charge in [0.2, 0.25) is 0 Å². The van der Waals surface area contributed by atoms with E-state index in [0.29, 0.717) is 12.8 Å². The molecular weight excluding hydrogens is 767 g/mol. The van der Waals surface area contributed by atoms with Crippen LogP contribution in [0.5, 0.6) is 0 Å². The third-order valence-corrected chi connectivity index (χ3v) is 10.3. The SMILES string of the molecule is CC/C=C/C/C=C/C/C=C/C/C=C/C/C=C/C/C=C/CCC(=O)O[C@H](COC(=O)CCCCCCCCCCCCCCCCCCC)COP(=O)(O)OC[C@@H](O)CO. The lowest BCUT2D eigenvalue weighted by Gasteiger charge is -2.20. The van der Waals surface area contributed by atoms with Crippen LogP contribution >= 0.6 is 7.82 Å². The Balaban J connectivity index is 4.38. The van der Waals surface area contributed by atoms with Crippen molar-refractivity contribution in [3.8, 4) is 0 Å². The molecule has 0 bridgehead atoms. The van der Waals surface area contributed by atoms with E-state index < -0.39 is 51.8 Å². The molecule has 0 aromatic heterocycles. The van der Waals surface area contributed by atoms with Gasteiger partial charge < -0.3 is 24.6 Å². The zero-order valence-electron chi connectivity index (χ0n) is 36.9. The van der Waals surface area contributed by atoms with Gasteiger partial charge in [-0.15, -0.1) is 0 Å². The van der Waals surface area contributed by atoms with E-state index in [2.05, 4.69) is 79.1 Å². The Morgan fingerprint density at radius 3 is 1.37 bits per heavy atom. The van der Waals surface area contributed by atoms with Crippen LogP contribution in [0, 0.1) is 0 Å². The molecule has 0 aromatic carbocycles. The van der Waals surface area contributed by atoms with E-state index in [0.717, 1.165) is 57.8 Å². The van der Waals surface area contributed by atoms with Crippen molar-refractivity contribution in [1.82, 2.24) is 0 Å². The molecule has 0 rings (SSSR count). The number of esters is 2. The lowest BCUT2D eigenvalue weighted by atomic mass is 10.0. The highest BCUT2D eigenvalue weighted by Crippen LogP contribution is 2.43. The van der Waals surface area contributed by atoms with Crippen molar-refractivity contribution in [3.63, 3.8) is 0 Å². The Morgan fingerprint density at radius 2 is 0.932 bits per heavy atom. The minimum atomic E-state index is -4.64. The van der Waals surface area contributed by atoms with E-state index in [9.17, 15) is 24.2 Å². The molecule has 0 fully saturated rings. The van der Waals surface area contributed by atoms with Crippen molar-refractivity contribution in [3.05, 3.63) is 72.9 Å². The highest BCUT2D eigenvalue weighted by Gasteiger charge is 2.27. The minimum Gasteiger partial charge on any atom is -0.462 e. The topological polar surface area (TPSA) is 149 Å². The van der Waals surface area contributed by atoms with Crippen molar-refractivity contribution in [2.24, 2.45) is 0 Å². The summed E-state index contributed by atoms with van der Waals surface area (Å²) in [6.45, 7) is 2.19. The molecule has 0 heterocycles. The average Bonchev–Trinajstić information content (AvgIpc) is 3.22. The van der Waals surface area contributed by atoms with Crippen LogP contribution in [0.1, 0.15) is 181 Å². The molecule has 0 saturated heterocycles. The number of carbonyl (C=O) groups is 2. The van der Waals surface area contributed by atoms with Crippen LogP contribution in [-0.4, -0.2) is 65.7 Å². The average molecular weight is 851 g/mol. The van der Waals surface area contributed by atoms with E-state index in [1.165, 1.54) is 83.5 Å². The maximum Gasteiger partial charge on any atom is 0.472 e. The second-order valence-corrected chi connectivity index (χ2v) is 16.5. The van der Waals surface area contributed by atoms with E-state index in [1.54, 1.807) is 0 Å². The van der Waals surface area contributed by atoms with Gasteiger partial charge in [-0.05, 0) is 51.4 Å². The highest BCUT2D eigenvalue weighted by atomic mass is 31.2. The monoisotopic (exact) mass is 851 g/mol. The maximum atomic E-state index is 12.6. The number of hydrogen-bond donors (Lipinski definition) is 3. The van der Waals surface area contributed by atoms with Crippen LogP contribution in [0.15, 0.2) is 72.9 Å². The summed E-state index contributed by atoms with van der Waals surface area (Å²) in [7, 11) is -4.64. The zero-order chi connectivity index (χ0) is 43.3.